The van der Waals surface area contributed by atoms with Crippen LogP contribution < -0.4 is 5.32 Å². The third-order valence-corrected chi connectivity index (χ3v) is 7.37. The number of para-hydroxylation sites is 1. The summed E-state index contributed by atoms with van der Waals surface area (Å²) >= 11 is 3.38. The van der Waals surface area contributed by atoms with Crippen molar-refractivity contribution in [3.8, 4) is 16.9 Å². The highest BCUT2D eigenvalue weighted by Crippen LogP contribution is 2.35. The van der Waals surface area contributed by atoms with Gasteiger partial charge in [-0.3, -0.25) is 14.4 Å². The van der Waals surface area contributed by atoms with Gasteiger partial charge in [0, 0.05) is 26.9 Å². The van der Waals surface area contributed by atoms with Crippen LogP contribution in [0.3, 0.4) is 0 Å². The van der Waals surface area contributed by atoms with Gasteiger partial charge in [-0.2, -0.15) is 5.10 Å². The molecule has 1 amide bonds. The van der Waals surface area contributed by atoms with E-state index in [0.29, 0.717) is 33.5 Å². The monoisotopic (exact) mass is 614 g/mol. The molecule has 1 N–H and O–H groups in total. The fourth-order valence-corrected chi connectivity index (χ4v) is 5.15. The molecule has 2 heterocycles. The van der Waals surface area contributed by atoms with Crippen molar-refractivity contribution in [2.45, 2.75) is 6.92 Å². The summed E-state index contributed by atoms with van der Waals surface area (Å²) in [5, 5.41) is 7.82. The number of aromatic nitrogens is 3. The number of ketones is 2. The van der Waals surface area contributed by atoms with Crippen molar-refractivity contribution in [2.75, 3.05) is 5.32 Å². The van der Waals surface area contributed by atoms with E-state index < -0.39 is 17.5 Å². The number of aryl methyl sites for hydroxylation is 1. The lowest BCUT2D eigenvalue weighted by Crippen LogP contribution is -2.26. The molecule has 2 aromatic heterocycles. The lowest BCUT2D eigenvalue weighted by molar-refractivity contribution is -0.112. The highest BCUT2D eigenvalue weighted by Gasteiger charge is 2.33. The van der Waals surface area contributed by atoms with E-state index in [4.69, 9.17) is 10.1 Å². The Morgan fingerprint density at radius 2 is 1.33 bits per heavy atom. The Bertz CT molecular complexity index is 1950. The van der Waals surface area contributed by atoms with Crippen LogP contribution in [0, 0.1) is 6.92 Å². The number of amides is 1. The van der Waals surface area contributed by atoms with E-state index >= 15 is 0 Å². The standard InChI is InChI=1S/C34H23BrN4O3/c1-21-27-28(31(40)23-13-7-3-8-14-23)29(32(41)34(42)36-25-19-17-24(35)18-20-25)30(22-11-5-2-6-12-22)37-33(27)39(38-21)26-15-9-4-10-16-26/h2-20H,1H3,(H,36,42). The molecule has 4 aromatic carbocycles. The van der Waals surface area contributed by atoms with Gasteiger partial charge in [0.1, 0.15) is 0 Å². The molecule has 0 fully saturated rings. The molecule has 0 saturated carbocycles. The van der Waals surface area contributed by atoms with E-state index in [1.807, 2.05) is 54.6 Å². The first kappa shape index (κ1) is 27.0. The molecule has 42 heavy (non-hydrogen) atoms. The summed E-state index contributed by atoms with van der Waals surface area (Å²) in [5.41, 5.74) is 3.27. The number of nitrogens with one attached hydrogen (secondary N) is 1. The lowest BCUT2D eigenvalue weighted by atomic mass is 9.89. The third-order valence-electron chi connectivity index (χ3n) is 6.84. The summed E-state index contributed by atoms with van der Waals surface area (Å²) in [4.78, 5) is 46.9. The molecule has 0 spiro atoms. The molecule has 0 aliphatic rings. The average molecular weight is 615 g/mol. The van der Waals surface area contributed by atoms with E-state index in [1.165, 1.54) is 0 Å². The van der Waals surface area contributed by atoms with Gasteiger partial charge in [0.15, 0.2) is 11.4 Å². The van der Waals surface area contributed by atoms with E-state index in [1.54, 1.807) is 72.3 Å². The molecule has 8 heteroatoms. The molecule has 0 aliphatic carbocycles. The van der Waals surface area contributed by atoms with Gasteiger partial charge in [0.25, 0.3) is 11.7 Å². The Kier molecular flexibility index (Phi) is 7.29. The highest BCUT2D eigenvalue weighted by molar-refractivity contribution is 9.10. The van der Waals surface area contributed by atoms with Crippen molar-refractivity contribution >= 4 is 50.1 Å². The van der Waals surface area contributed by atoms with Crippen molar-refractivity contribution in [2.24, 2.45) is 0 Å². The minimum atomic E-state index is -0.883. The van der Waals surface area contributed by atoms with Gasteiger partial charge >= 0.3 is 0 Å². The van der Waals surface area contributed by atoms with Gasteiger partial charge in [0.05, 0.1) is 28.0 Å². The summed E-state index contributed by atoms with van der Waals surface area (Å²) < 4.78 is 2.49. The second-order valence-electron chi connectivity index (χ2n) is 9.59. The van der Waals surface area contributed by atoms with Crippen LogP contribution in [0.2, 0.25) is 0 Å². The Hall–Kier alpha value is -5.21. The molecule has 0 unspecified atom stereocenters. The summed E-state index contributed by atoms with van der Waals surface area (Å²) in [6.07, 6.45) is 0. The molecule has 0 aliphatic heterocycles. The zero-order valence-electron chi connectivity index (χ0n) is 22.4. The zero-order chi connectivity index (χ0) is 29.2. The fourth-order valence-electron chi connectivity index (χ4n) is 4.89. The number of Topliss-reactive ketones (excluding diaryl/α,β-unsaturated/α-hetero) is 1. The highest BCUT2D eigenvalue weighted by atomic mass is 79.9. The summed E-state index contributed by atoms with van der Waals surface area (Å²) in [7, 11) is 0. The number of carbonyl (C=O) groups excluding carboxylic acids is 3. The van der Waals surface area contributed by atoms with Crippen LogP contribution in [-0.4, -0.2) is 32.2 Å². The van der Waals surface area contributed by atoms with E-state index in [-0.39, 0.29) is 16.8 Å². The molecule has 0 bridgehead atoms. The van der Waals surface area contributed by atoms with E-state index in [0.717, 1.165) is 10.2 Å². The number of pyridine rings is 1. The number of hydrogen-bond donors (Lipinski definition) is 1. The SMILES string of the molecule is Cc1nn(-c2ccccc2)c2nc(-c3ccccc3)c(C(=O)C(=O)Nc3ccc(Br)cc3)c(C(=O)c3ccccc3)c12. The summed E-state index contributed by atoms with van der Waals surface area (Å²) in [6.45, 7) is 1.77. The Labute approximate surface area is 250 Å². The van der Waals surface area contributed by atoms with Crippen LogP contribution in [0.25, 0.3) is 28.0 Å². The first-order chi connectivity index (χ1) is 20.4. The van der Waals surface area contributed by atoms with Crippen LogP contribution >= 0.6 is 15.9 Å². The van der Waals surface area contributed by atoms with E-state index in [2.05, 4.69) is 21.2 Å². The van der Waals surface area contributed by atoms with Crippen molar-refractivity contribution in [3.63, 3.8) is 0 Å². The molecular formula is C34H23BrN4O3. The summed E-state index contributed by atoms with van der Waals surface area (Å²) in [5.74, 6) is -2.17. The number of rotatable bonds is 7. The Morgan fingerprint density at radius 1 is 0.738 bits per heavy atom. The van der Waals surface area contributed by atoms with Gasteiger partial charge in [-0.25, -0.2) is 9.67 Å². The maximum absolute atomic E-state index is 14.3. The van der Waals surface area contributed by atoms with Gasteiger partial charge < -0.3 is 5.32 Å². The lowest BCUT2D eigenvalue weighted by Gasteiger charge is -2.16. The number of nitrogens with zero attached hydrogens (tertiary/aromatic N) is 3. The zero-order valence-corrected chi connectivity index (χ0v) is 24.0. The third kappa shape index (κ3) is 5.04. The Balaban J connectivity index is 1.66. The first-order valence-electron chi connectivity index (χ1n) is 13.2. The average Bonchev–Trinajstić information content (AvgIpc) is 3.37. The van der Waals surface area contributed by atoms with Crippen molar-refractivity contribution < 1.29 is 14.4 Å². The minimum Gasteiger partial charge on any atom is -0.319 e. The largest absolute Gasteiger partial charge is 0.319 e. The van der Waals surface area contributed by atoms with Gasteiger partial charge in [-0.15, -0.1) is 0 Å². The molecule has 6 aromatic rings. The Morgan fingerprint density at radius 3 is 1.98 bits per heavy atom. The van der Waals surface area contributed by atoms with Crippen LogP contribution in [0.5, 0.6) is 0 Å². The first-order valence-corrected chi connectivity index (χ1v) is 14.0. The predicted molar refractivity (Wildman–Crippen MR) is 166 cm³/mol. The normalized spacial score (nSPS) is 10.9. The number of benzene rings is 4. The van der Waals surface area contributed by atoms with Crippen LogP contribution in [0.1, 0.15) is 32.0 Å². The van der Waals surface area contributed by atoms with Gasteiger partial charge in [0.2, 0.25) is 0 Å². The molecule has 7 nitrogen and oxygen atoms in total. The van der Waals surface area contributed by atoms with Gasteiger partial charge in [-0.1, -0.05) is 94.8 Å². The van der Waals surface area contributed by atoms with Crippen molar-refractivity contribution in [3.05, 3.63) is 142 Å². The van der Waals surface area contributed by atoms with Crippen molar-refractivity contribution in [1.82, 2.24) is 14.8 Å². The predicted octanol–water partition coefficient (Wildman–Crippen LogP) is 7.21. The van der Waals surface area contributed by atoms with Crippen molar-refractivity contribution in [1.29, 1.82) is 0 Å². The molecule has 204 valence electrons. The number of carbonyl (C=O) groups is 3. The topological polar surface area (TPSA) is 93.9 Å². The second-order valence-corrected chi connectivity index (χ2v) is 10.5. The minimum absolute atomic E-state index is 0.0760. The number of halogens is 1. The molecule has 0 saturated heterocycles. The maximum atomic E-state index is 14.3. The van der Waals surface area contributed by atoms with Crippen LogP contribution in [0.15, 0.2) is 120 Å². The van der Waals surface area contributed by atoms with Crippen LogP contribution in [-0.2, 0) is 4.79 Å². The molecular weight excluding hydrogens is 592 g/mol. The molecule has 0 radical (unpaired) electrons. The number of anilines is 1. The number of fused-ring (bicyclic) bond motifs is 1. The number of hydrogen-bond acceptors (Lipinski definition) is 5. The smallest absolute Gasteiger partial charge is 0.296 e. The van der Waals surface area contributed by atoms with Crippen LogP contribution in [0.4, 0.5) is 5.69 Å². The maximum Gasteiger partial charge on any atom is 0.296 e. The second kappa shape index (κ2) is 11.3. The summed E-state index contributed by atoms with van der Waals surface area (Å²) in [6, 6.07) is 34.1. The quantitative estimate of drug-likeness (QED) is 0.151. The van der Waals surface area contributed by atoms with Gasteiger partial charge in [-0.05, 0) is 43.3 Å². The molecule has 6 rings (SSSR count). The fraction of sp³-hybridized carbons (Fsp3) is 0.0294. The molecule has 0 atom stereocenters. The van der Waals surface area contributed by atoms with E-state index in [9.17, 15) is 14.4 Å².